The van der Waals surface area contributed by atoms with Crippen LogP contribution in [0, 0.1) is 0 Å². The molecule has 0 spiro atoms. The lowest BCUT2D eigenvalue weighted by Gasteiger charge is -2.33. The van der Waals surface area contributed by atoms with Crippen LogP contribution in [0.4, 0.5) is 13.2 Å². The minimum absolute atomic E-state index is 0.0346. The van der Waals surface area contributed by atoms with Gasteiger partial charge in [0.15, 0.2) is 0 Å². The molecule has 0 amide bonds. The summed E-state index contributed by atoms with van der Waals surface area (Å²) in [6.07, 6.45) is -4.77. The molecule has 1 aliphatic rings. The number of ether oxygens (including phenoxy) is 1. The largest absolute Gasteiger partial charge is 0.771 e. The molecule has 1 N–H and O–H groups in total. The van der Waals surface area contributed by atoms with Gasteiger partial charge in [-0.2, -0.15) is 13.2 Å². The topological polar surface area (TPSA) is 64.6 Å². The molecule has 30 heavy (non-hydrogen) atoms. The van der Waals surface area contributed by atoms with Gasteiger partial charge in [0.2, 0.25) is 0 Å². The van der Waals surface area contributed by atoms with Crippen LogP contribution in [0.25, 0.3) is 0 Å². The number of rotatable bonds is 7. The first kappa shape index (κ1) is 23.2. The molecule has 0 aromatic heterocycles. The van der Waals surface area contributed by atoms with Gasteiger partial charge in [-0.15, -0.1) is 0 Å². The molecule has 2 aromatic rings. The molecule has 3 rings (SSSR count). The van der Waals surface area contributed by atoms with Gasteiger partial charge in [-0.05, 0) is 28.3 Å². The fourth-order valence-corrected chi connectivity index (χ4v) is 3.98. The van der Waals surface area contributed by atoms with Crippen LogP contribution >= 0.6 is 11.6 Å². The lowest BCUT2D eigenvalue weighted by Crippen LogP contribution is -2.38. The summed E-state index contributed by atoms with van der Waals surface area (Å²) >= 11 is 3.65. The number of nitrogens with one attached hydrogen (secondary N) is 1. The van der Waals surface area contributed by atoms with E-state index < -0.39 is 29.2 Å². The van der Waals surface area contributed by atoms with E-state index >= 15 is 0 Å². The van der Waals surface area contributed by atoms with Crippen molar-refractivity contribution in [3.63, 3.8) is 0 Å². The van der Waals surface area contributed by atoms with Crippen molar-refractivity contribution in [1.29, 1.82) is 0 Å². The van der Waals surface area contributed by atoms with Crippen LogP contribution < -0.4 is 5.32 Å². The van der Waals surface area contributed by atoms with Crippen molar-refractivity contribution in [1.82, 2.24) is 10.2 Å². The van der Waals surface area contributed by atoms with Gasteiger partial charge in [0, 0.05) is 30.2 Å². The van der Waals surface area contributed by atoms with Crippen molar-refractivity contribution in [3.8, 4) is 0 Å². The third kappa shape index (κ3) is 6.26. The van der Waals surface area contributed by atoms with E-state index in [9.17, 15) is 21.9 Å². The monoisotopic (exact) mass is 461 g/mol. The first-order valence-corrected chi connectivity index (χ1v) is 10.9. The average molecular weight is 462 g/mol. The molecule has 0 saturated carbocycles. The van der Waals surface area contributed by atoms with Crippen molar-refractivity contribution in [2.24, 2.45) is 0 Å². The molecule has 1 saturated heterocycles. The summed E-state index contributed by atoms with van der Waals surface area (Å²) in [7, 11) is 0. The first-order valence-electron chi connectivity index (χ1n) is 9.27. The van der Waals surface area contributed by atoms with Crippen LogP contribution in [0.3, 0.4) is 0 Å². The second-order valence-electron chi connectivity index (χ2n) is 6.98. The number of hydrogen-bond acceptors (Lipinski definition) is 5. The molecule has 10 heteroatoms. The van der Waals surface area contributed by atoms with Crippen LogP contribution in [-0.2, 0) is 22.4 Å². The average Bonchev–Trinajstić information content (AvgIpc) is 2.69. The Morgan fingerprint density at radius 3 is 2.57 bits per heavy atom. The summed E-state index contributed by atoms with van der Waals surface area (Å²) in [6, 6.07) is 11.4. The van der Waals surface area contributed by atoms with Gasteiger partial charge in [-0.3, -0.25) is 14.4 Å². The van der Waals surface area contributed by atoms with Crippen LogP contribution in [0.15, 0.2) is 48.5 Å². The Labute approximate surface area is 180 Å². The maximum absolute atomic E-state index is 13.3. The van der Waals surface area contributed by atoms with Crippen LogP contribution in [0.2, 0.25) is 5.02 Å². The van der Waals surface area contributed by atoms with Crippen molar-refractivity contribution >= 4 is 22.7 Å². The van der Waals surface area contributed by atoms with Crippen LogP contribution in [0.5, 0.6) is 0 Å². The smallest absolute Gasteiger partial charge is 0.407 e. The van der Waals surface area contributed by atoms with Gasteiger partial charge in [0.25, 0.3) is 0 Å². The second kappa shape index (κ2) is 10.2. The number of morpholine rings is 1. The summed E-state index contributed by atoms with van der Waals surface area (Å²) in [4.78, 5) is 2.16. The molecule has 5 nitrogen and oxygen atoms in total. The molecule has 0 aliphatic carbocycles. The number of nitrogens with zero attached hydrogens (tertiary/aromatic N) is 1. The van der Waals surface area contributed by atoms with E-state index in [1.54, 1.807) is 12.1 Å². The normalized spacial score (nSPS) is 20.1. The molecule has 164 valence electrons. The maximum Gasteiger partial charge on any atom is 0.407 e. The Morgan fingerprint density at radius 2 is 1.93 bits per heavy atom. The molecule has 2 aromatic carbocycles. The third-order valence-electron chi connectivity index (χ3n) is 4.85. The zero-order valence-corrected chi connectivity index (χ0v) is 17.5. The number of alkyl halides is 3. The summed E-state index contributed by atoms with van der Waals surface area (Å²) in [5, 5.41) is 2.67. The Bertz CT molecular complexity index is 867. The first-order chi connectivity index (χ1) is 14.2. The summed E-state index contributed by atoms with van der Waals surface area (Å²) in [6.45, 7) is 2.40. The Morgan fingerprint density at radius 1 is 1.23 bits per heavy atom. The molecule has 2 unspecified atom stereocenters. The predicted molar refractivity (Wildman–Crippen MR) is 108 cm³/mol. The Hall–Kier alpha value is -1.49. The van der Waals surface area contributed by atoms with Crippen molar-refractivity contribution < 1.29 is 26.7 Å². The van der Waals surface area contributed by atoms with Crippen molar-refractivity contribution in [2.45, 2.75) is 24.9 Å². The van der Waals surface area contributed by atoms with Gasteiger partial charge < -0.3 is 9.29 Å². The second-order valence-corrected chi connectivity index (χ2v) is 8.29. The molecular weight excluding hydrogens is 441 g/mol. The molecule has 3 atom stereocenters. The van der Waals surface area contributed by atoms with Crippen LogP contribution in [-0.4, -0.2) is 45.4 Å². The lowest BCUT2D eigenvalue weighted by atomic mass is 10.0. The van der Waals surface area contributed by atoms with Gasteiger partial charge in [-0.1, -0.05) is 54.1 Å². The Kier molecular flexibility index (Phi) is 7.89. The highest BCUT2D eigenvalue weighted by atomic mass is 35.5. The van der Waals surface area contributed by atoms with E-state index in [-0.39, 0.29) is 11.7 Å². The highest BCUT2D eigenvalue weighted by Gasteiger charge is 2.40. The summed E-state index contributed by atoms with van der Waals surface area (Å²) in [5.41, 5.74) is 1.73. The van der Waals surface area contributed by atoms with Gasteiger partial charge in [0.1, 0.15) is 6.04 Å². The van der Waals surface area contributed by atoms with E-state index in [2.05, 4.69) is 4.90 Å². The third-order valence-corrected chi connectivity index (χ3v) is 5.60. The Balaban J connectivity index is 1.66. The molecule has 1 fully saturated rings. The zero-order valence-electron chi connectivity index (χ0n) is 15.9. The number of benzene rings is 2. The fourth-order valence-electron chi connectivity index (χ4n) is 3.42. The summed E-state index contributed by atoms with van der Waals surface area (Å²) < 4.78 is 66.9. The van der Waals surface area contributed by atoms with Gasteiger partial charge in [0.05, 0.1) is 18.6 Å². The van der Waals surface area contributed by atoms with E-state index in [0.717, 1.165) is 11.1 Å². The minimum Gasteiger partial charge on any atom is -0.771 e. The highest BCUT2D eigenvalue weighted by molar-refractivity contribution is 7.79. The quantitative estimate of drug-likeness (QED) is 0.633. The molecule has 1 aliphatic heterocycles. The number of hydrogen-bond donors (Lipinski definition) is 1. The van der Waals surface area contributed by atoms with Crippen molar-refractivity contribution in [2.75, 3.05) is 25.6 Å². The van der Waals surface area contributed by atoms with Gasteiger partial charge in [-0.25, -0.2) is 0 Å². The highest BCUT2D eigenvalue weighted by Crippen LogP contribution is 2.33. The maximum atomic E-state index is 13.3. The standard InChI is InChI=1S/C20H22ClF3N2O3S/c21-17-4-2-1-3-16(17)18-12-26(9-10-29-18)11-14-5-7-15(8-6-14)19(20(22,23)24)25-13-30(27)28/h1-8,18-19,25H,9-13H2,(H,27,28)/p-1/t18?,19-/m0/s1. The summed E-state index contributed by atoms with van der Waals surface area (Å²) in [5.74, 6) is -0.775. The minimum atomic E-state index is -4.60. The zero-order chi connectivity index (χ0) is 21.7. The van der Waals surface area contributed by atoms with Crippen LogP contribution in [0.1, 0.15) is 28.8 Å². The lowest BCUT2D eigenvalue weighted by molar-refractivity contribution is -0.156. The number of halogens is 4. The van der Waals surface area contributed by atoms with Gasteiger partial charge >= 0.3 is 6.18 Å². The SMILES string of the molecule is O=S([O-])CN[C@@H](c1ccc(CN2CCOC(c3ccccc3Cl)C2)cc1)C(F)(F)F. The molecule has 0 radical (unpaired) electrons. The van der Waals surface area contributed by atoms with E-state index in [0.29, 0.717) is 31.3 Å². The van der Waals surface area contributed by atoms with E-state index in [1.165, 1.54) is 12.1 Å². The van der Waals surface area contributed by atoms with Crippen molar-refractivity contribution in [3.05, 3.63) is 70.2 Å². The molecule has 0 bridgehead atoms. The van der Waals surface area contributed by atoms with E-state index in [4.69, 9.17) is 16.3 Å². The fraction of sp³-hybridized carbons (Fsp3) is 0.400. The molecule has 1 heterocycles. The predicted octanol–water partition coefficient (Wildman–Crippen LogP) is 3.94. The van der Waals surface area contributed by atoms with E-state index in [1.807, 2.05) is 29.6 Å². The molecular formula is C20H21ClF3N2O3S-.